The van der Waals surface area contributed by atoms with Gasteiger partial charge in [-0.25, -0.2) is 4.79 Å². The number of halogens is 2. The molecule has 0 bridgehead atoms. The van der Waals surface area contributed by atoms with Crippen LogP contribution in [0.2, 0.25) is 10.0 Å². The molecule has 1 aromatic rings. The first-order valence-corrected chi connectivity index (χ1v) is 5.34. The Morgan fingerprint density at radius 2 is 2.12 bits per heavy atom. The molecule has 16 heavy (non-hydrogen) atoms. The Morgan fingerprint density at radius 3 is 2.75 bits per heavy atom. The Labute approximate surface area is 103 Å². The number of rotatable bonds is 4. The van der Waals surface area contributed by atoms with Crippen molar-refractivity contribution in [3.8, 4) is 0 Å². The van der Waals surface area contributed by atoms with Gasteiger partial charge in [-0.2, -0.15) is 0 Å². The SMILES string of the molecule is O=C(NCCO)OCc1ccc(Cl)c(Cl)c1. The van der Waals surface area contributed by atoms with E-state index in [2.05, 4.69) is 5.32 Å². The second-order valence-corrected chi connectivity index (χ2v) is 3.79. The summed E-state index contributed by atoms with van der Waals surface area (Å²) < 4.78 is 4.86. The number of aliphatic hydroxyl groups excluding tert-OH is 1. The number of hydrogen-bond acceptors (Lipinski definition) is 3. The zero-order chi connectivity index (χ0) is 12.0. The van der Waals surface area contributed by atoms with Crippen molar-refractivity contribution in [1.29, 1.82) is 0 Å². The van der Waals surface area contributed by atoms with E-state index in [0.717, 1.165) is 5.56 Å². The van der Waals surface area contributed by atoms with Crippen LogP contribution in [0.25, 0.3) is 0 Å². The minimum absolute atomic E-state index is 0.105. The highest BCUT2D eigenvalue weighted by Gasteiger charge is 2.03. The molecule has 0 aliphatic heterocycles. The zero-order valence-corrected chi connectivity index (χ0v) is 9.88. The summed E-state index contributed by atoms with van der Waals surface area (Å²) in [6.07, 6.45) is -0.583. The molecule has 6 heteroatoms. The third kappa shape index (κ3) is 4.26. The van der Waals surface area contributed by atoms with E-state index in [1.165, 1.54) is 0 Å². The lowest BCUT2D eigenvalue weighted by atomic mass is 10.2. The molecule has 0 heterocycles. The van der Waals surface area contributed by atoms with E-state index in [1.807, 2.05) is 0 Å². The molecule has 0 saturated carbocycles. The molecule has 4 nitrogen and oxygen atoms in total. The molecule has 0 aliphatic rings. The van der Waals surface area contributed by atoms with Crippen LogP contribution in [0.1, 0.15) is 5.56 Å². The van der Waals surface area contributed by atoms with Crippen molar-refractivity contribution >= 4 is 29.3 Å². The summed E-state index contributed by atoms with van der Waals surface area (Å²) in [6, 6.07) is 4.98. The zero-order valence-electron chi connectivity index (χ0n) is 8.37. The standard InChI is InChI=1S/C10H11Cl2NO3/c11-8-2-1-7(5-9(8)12)6-16-10(15)13-3-4-14/h1-2,5,14H,3-4,6H2,(H,13,15). The lowest BCUT2D eigenvalue weighted by Crippen LogP contribution is -2.26. The smallest absolute Gasteiger partial charge is 0.407 e. The fraction of sp³-hybridized carbons (Fsp3) is 0.300. The van der Waals surface area contributed by atoms with Crippen molar-refractivity contribution in [3.05, 3.63) is 33.8 Å². The van der Waals surface area contributed by atoms with Crippen LogP contribution < -0.4 is 5.32 Å². The molecule has 0 aliphatic carbocycles. The molecule has 1 aromatic carbocycles. The van der Waals surface area contributed by atoms with Gasteiger partial charge in [-0.05, 0) is 17.7 Å². The molecule has 0 aromatic heterocycles. The van der Waals surface area contributed by atoms with E-state index in [9.17, 15) is 4.79 Å². The molecule has 0 radical (unpaired) electrons. The van der Waals surface area contributed by atoms with Crippen molar-refractivity contribution in [3.63, 3.8) is 0 Å². The second-order valence-electron chi connectivity index (χ2n) is 2.97. The first kappa shape index (κ1) is 13.1. The Kier molecular flexibility index (Phi) is 5.38. The van der Waals surface area contributed by atoms with Gasteiger partial charge in [-0.1, -0.05) is 29.3 Å². The first-order valence-electron chi connectivity index (χ1n) is 4.59. The Balaban J connectivity index is 2.42. The maximum absolute atomic E-state index is 11.0. The van der Waals surface area contributed by atoms with Crippen molar-refractivity contribution in [2.45, 2.75) is 6.61 Å². The summed E-state index contributed by atoms with van der Waals surface area (Å²) in [4.78, 5) is 11.0. The van der Waals surface area contributed by atoms with E-state index in [1.54, 1.807) is 18.2 Å². The van der Waals surface area contributed by atoms with Gasteiger partial charge in [0.15, 0.2) is 0 Å². The van der Waals surface area contributed by atoms with Crippen LogP contribution in [0.5, 0.6) is 0 Å². The van der Waals surface area contributed by atoms with Crippen LogP contribution in [-0.2, 0) is 11.3 Å². The van der Waals surface area contributed by atoms with Gasteiger partial charge in [-0.15, -0.1) is 0 Å². The van der Waals surface area contributed by atoms with Crippen molar-refractivity contribution in [2.75, 3.05) is 13.2 Å². The Bertz CT molecular complexity index is 371. The minimum Gasteiger partial charge on any atom is -0.445 e. The number of hydrogen-bond donors (Lipinski definition) is 2. The van der Waals surface area contributed by atoms with E-state index in [0.29, 0.717) is 10.0 Å². The monoisotopic (exact) mass is 263 g/mol. The van der Waals surface area contributed by atoms with Gasteiger partial charge >= 0.3 is 6.09 Å². The van der Waals surface area contributed by atoms with E-state index < -0.39 is 6.09 Å². The van der Waals surface area contributed by atoms with E-state index >= 15 is 0 Å². The Morgan fingerprint density at radius 1 is 1.38 bits per heavy atom. The summed E-state index contributed by atoms with van der Waals surface area (Å²) >= 11 is 11.5. The quantitative estimate of drug-likeness (QED) is 0.876. The highest BCUT2D eigenvalue weighted by atomic mass is 35.5. The van der Waals surface area contributed by atoms with Crippen LogP contribution in [-0.4, -0.2) is 24.4 Å². The molecular formula is C10H11Cl2NO3. The number of alkyl carbamates (subject to hydrolysis) is 1. The number of benzene rings is 1. The van der Waals surface area contributed by atoms with E-state index in [-0.39, 0.29) is 19.8 Å². The minimum atomic E-state index is -0.583. The molecule has 1 amide bonds. The normalized spacial score (nSPS) is 9.94. The number of aliphatic hydroxyl groups is 1. The van der Waals surface area contributed by atoms with Crippen molar-refractivity contribution < 1.29 is 14.6 Å². The number of ether oxygens (including phenoxy) is 1. The average molecular weight is 264 g/mol. The summed E-state index contributed by atoms with van der Waals surface area (Å²) in [5, 5.41) is 11.7. The molecule has 0 unspecified atom stereocenters. The third-order valence-electron chi connectivity index (χ3n) is 1.74. The average Bonchev–Trinajstić information content (AvgIpc) is 2.28. The second kappa shape index (κ2) is 6.58. The number of carbonyl (C=O) groups excluding carboxylic acids is 1. The van der Waals surface area contributed by atoms with Crippen LogP contribution in [0.15, 0.2) is 18.2 Å². The Hall–Kier alpha value is -0.970. The van der Waals surface area contributed by atoms with E-state index in [4.69, 9.17) is 33.0 Å². The molecule has 2 N–H and O–H groups in total. The third-order valence-corrected chi connectivity index (χ3v) is 2.47. The highest BCUT2D eigenvalue weighted by Crippen LogP contribution is 2.22. The molecular weight excluding hydrogens is 253 g/mol. The molecule has 0 spiro atoms. The molecule has 0 atom stereocenters. The molecule has 88 valence electrons. The van der Waals surface area contributed by atoms with Crippen LogP contribution in [0, 0.1) is 0 Å². The van der Waals surface area contributed by atoms with Gasteiger partial charge in [0, 0.05) is 6.54 Å². The van der Waals surface area contributed by atoms with Crippen LogP contribution in [0.3, 0.4) is 0 Å². The fourth-order valence-electron chi connectivity index (χ4n) is 0.987. The van der Waals surface area contributed by atoms with Gasteiger partial charge < -0.3 is 15.2 Å². The number of nitrogens with one attached hydrogen (secondary N) is 1. The summed E-state index contributed by atoms with van der Waals surface area (Å²) in [5.74, 6) is 0. The lowest BCUT2D eigenvalue weighted by molar-refractivity contribution is 0.137. The van der Waals surface area contributed by atoms with Gasteiger partial charge in [0.2, 0.25) is 0 Å². The fourth-order valence-corrected chi connectivity index (χ4v) is 1.31. The topological polar surface area (TPSA) is 58.6 Å². The number of amides is 1. The van der Waals surface area contributed by atoms with Crippen LogP contribution in [0.4, 0.5) is 4.79 Å². The van der Waals surface area contributed by atoms with Gasteiger partial charge in [-0.3, -0.25) is 0 Å². The largest absolute Gasteiger partial charge is 0.445 e. The van der Waals surface area contributed by atoms with Crippen LogP contribution >= 0.6 is 23.2 Å². The summed E-state index contributed by atoms with van der Waals surface area (Å²) in [5.41, 5.74) is 0.744. The predicted molar refractivity (Wildman–Crippen MR) is 61.7 cm³/mol. The van der Waals surface area contributed by atoms with Gasteiger partial charge in [0.05, 0.1) is 16.7 Å². The summed E-state index contributed by atoms with van der Waals surface area (Å²) in [6.45, 7) is 0.149. The van der Waals surface area contributed by atoms with Crippen molar-refractivity contribution in [2.24, 2.45) is 0 Å². The predicted octanol–water partition coefficient (Wildman–Crippen LogP) is 2.21. The maximum atomic E-state index is 11.0. The van der Waals surface area contributed by atoms with Gasteiger partial charge in [0.25, 0.3) is 0 Å². The highest BCUT2D eigenvalue weighted by molar-refractivity contribution is 6.42. The van der Waals surface area contributed by atoms with Gasteiger partial charge in [0.1, 0.15) is 6.61 Å². The molecule has 0 saturated heterocycles. The van der Waals surface area contributed by atoms with Crippen molar-refractivity contribution in [1.82, 2.24) is 5.32 Å². The lowest BCUT2D eigenvalue weighted by Gasteiger charge is -2.06. The first-order chi connectivity index (χ1) is 7.63. The molecule has 1 rings (SSSR count). The summed E-state index contributed by atoms with van der Waals surface area (Å²) in [7, 11) is 0. The molecule has 0 fully saturated rings. The number of carbonyl (C=O) groups is 1. The maximum Gasteiger partial charge on any atom is 0.407 e.